The van der Waals surface area contributed by atoms with E-state index in [1.807, 2.05) is 37.3 Å². The molecule has 0 saturated heterocycles. The van der Waals surface area contributed by atoms with Gasteiger partial charge in [0.15, 0.2) is 0 Å². The first-order chi connectivity index (χ1) is 9.40. The van der Waals surface area contributed by atoms with Crippen LogP contribution in [0.2, 0.25) is 5.02 Å². The average Bonchev–Trinajstić information content (AvgIpc) is 2.78. The summed E-state index contributed by atoms with van der Waals surface area (Å²) in [5.41, 5.74) is 1.10. The molecule has 0 fully saturated rings. The van der Waals surface area contributed by atoms with Gasteiger partial charge in [-0.2, -0.15) is 0 Å². The number of halogens is 2. The summed E-state index contributed by atoms with van der Waals surface area (Å²) in [4.78, 5) is 0. The van der Waals surface area contributed by atoms with Crippen molar-refractivity contribution in [1.82, 2.24) is 4.72 Å². The Kier molecular flexibility index (Phi) is 5.25. The van der Waals surface area contributed by atoms with Crippen LogP contribution in [0.15, 0.2) is 44.4 Å². The van der Waals surface area contributed by atoms with Crippen LogP contribution in [0.4, 0.5) is 0 Å². The third-order valence-electron chi connectivity index (χ3n) is 2.84. The molecule has 108 valence electrons. The quantitative estimate of drug-likeness (QED) is 0.824. The second-order valence-electron chi connectivity index (χ2n) is 4.35. The van der Waals surface area contributed by atoms with Crippen molar-refractivity contribution in [2.24, 2.45) is 0 Å². The molecule has 1 aromatic carbocycles. The molecular formula is C13H13BrClNO2S2. The lowest BCUT2D eigenvalue weighted by molar-refractivity contribution is 0.577. The van der Waals surface area contributed by atoms with Gasteiger partial charge >= 0.3 is 0 Å². The minimum absolute atomic E-state index is 0.102. The number of sulfonamides is 1. The smallest absolute Gasteiger partial charge is 0.210 e. The molecule has 1 atom stereocenters. The molecule has 7 heteroatoms. The number of rotatable bonds is 5. The van der Waals surface area contributed by atoms with E-state index >= 15 is 0 Å². The summed E-state index contributed by atoms with van der Waals surface area (Å²) in [6.07, 6.45) is 0. The van der Waals surface area contributed by atoms with Crippen LogP contribution in [0.25, 0.3) is 0 Å². The Morgan fingerprint density at radius 3 is 2.55 bits per heavy atom. The van der Waals surface area contributed by atoms with Crippen LogP contribution in [0.3, 0.4) is 0 Å². The predicted molar refractivity (Wildman–Crippen MR) is 87.1 cm³/mol. The van der Waals surface area contributed by atoms with Crippen LogP contribution in [0.5, 0.6) is 0 Å². The summed E-state index contributed by atoms with van der Waals surface area (Å²) >= 11 is 10.2. The summed E-state index contributed by atoms with van der Waals surface area (Å²) in [6, 6.07) is 11.2. The molecule has 3 nitrogen and oxygen atoms in total. The second kappa shape index (κ2) is 6.58. The van der Waals surface area contributed by atoms with Crippen LogP contribution in [-0.4, -0.2) is 15.0 Å². The highest BCUT2D eigenvalue weighted by atomic mass is 79.9. The molecular weight excluding hydrogens is 382 g/mol. The maximum Gasteiger partial charge on any atom is 0.250 e. The molecule has 2 aromatic rings. The molecule has 0 amide bonds. The van der Waals surface area contributed by atoms with Crippen molar-refractivity contribution in [2.45, 2.75) is 17.1 Å². The zero-order valence-corrected chi connectivity index (χ0v) is 14.6. The van der Waals surface area contributed by atoms with Crippen LogP contribution in [-0.2, 0) is 10.0 Å². The van der Waals surface area contributed by atoms with E-state index in [4.69, 9.17) is 11.6 Å². The normalized spacial score (nSPS) is 13.3. The van der Waals surface area contributed by atoms with Gasteiger partial charge in [0.1, 0.15) is 4.21 Å². The van der Waals surface area contributed by atoms with Gasteiger partial charge in [-0.25, -0.2) is 13.1 Å². The largest absolute Gasteiger partial charge is 0.250 e. The standard InChI is InChI=1S/C13H13BrClNO2S2/c1-9(10-5-3-2-4-6-10)8-16-20(17,18)12-7-11(15)13(14)19-12/h2-7,9,16H,8H2,1H3. The Morgan fingerprint density at radius 1 is 1.35 bits per heavy atom. The summed E-state index contributed by atoms with van der Waals surface area (Å²) in [5, 5.41) is 0.409. The molecule has 2 rings (SSSR count). The average molecular weight is 395 g/mol. The number of thiophene rings is 1. The van der Waals surface area contributed by atoms with Crippen LogP contribution in [0.1, 0.15) is 18.4 Å². The van der Waals surface area contributed by atoms with Crippen molar-refractivity contribution in [3.8, 4) is 0 Å². The summed E-state index contributed by atoms with van der Waals surface area (Å²) < 4.78 is 27.8. The highest BCUT2D eigenvalue weighted by Crippen LogP contribution is 2.34. The zero-order chi connectivity index (χ0) is 14.8. The predicted octanol–water partition coefficient (Wildman–Crippen LogP) is 4.25. The second-order valence-corrected chi connectivity index (χ2v) is 9.12. The van der Waals surface area contributed by atoms with E-state index in [0.717, 1.165) is 16.9 Å². The first-order valence-electron chi connectivity index (χ1n) is 5.89. The molecule has 0 aliphatic rings. The Bertz CT molecular complexity index is 666. The van der Waals surface area contributed by atoms with Gasteiger partial charge in [-0.05, 0) is 33.5 Å². The van der Waals surface area contributed by atoms with Gasteiger partial charge in [0, 0.05) is 6.54 Å². The Hall–Kier alpha value is -0.400. The van der Waals surface area contributed by atoms with Gasteiger partial charge in [0.25, 0.3) is 0 Å². The SMILES string of the molecule is CC(CNS(=O)(=O)c1cc(Cl)c(Br)s1)c1ccccc1. The minimum atomic E-state index is -3.51. The Morgan fingerprint density at radius 2 is 2.00 bits per heavy atom. The number of benzene rings is 1. The Balaban J connectivity index is 2.06. The van der Waals surface area contributed by atoms with Crippen molar-refractivity contribution in [2.75, 3.05) is 6.54 Å². The van der Waals surface area contributed by atoms with E-state index in [9.17, 15) is 8.42 Å². The lowest BCUT2D eigenvalue weighted by Gasteiger charge is -2.12. The van der Waals surface area contributed by atoms with Gasteiger partial charge < -0.3 is 0 Å². The van der Waals surface area contributed by atoms with E-state index in [2.05, 4.69) is 20.7 Å². The molecule has 1 aromatic heterocycles. The highest BCUT2D eigenvalue weighted by Gasteiger charge is 2.19. The van der Waals surface area contributed by atoms with Crippen LogP contribution in [0, 0.1) is 0 Å². The maximum atomic E-state index is 12.2. The molecule has 0 saturated carbocycles. The molecule has 0 spiro atoms. The third kappa shape index (κ3) is 3.83. The summed E-state index contributed by atoms with van der Waals surface area (Å²) in [6.45, 7) is 2.33. The first kappa shape index (κ1) is 16.0. The van der Waals surface area contributed by atoms with Gasteiger partial charge in [0.05, 0.1) is 8.81 Å². The van der Waals surface area contributed by atoms with Crippen molar-refractivity contribution in [3.05, 3.63) is 50.8 Å². The van der Waals surface area contributed by atoms with Crippen molar-refractivity contribution in [1.29, 1.82) is 0 Å². The van der Waals surface area contributed by atoms with Gasteiger partial charge in [-0.1, -0.05) is 48.9 Å². The first-order valence-corrected chi connectivity index (χ1v) is 9.36. The maximum absolute atomic E-state index is 12.2. The fourth-order valence-corrected chi connectivity index (χ4v) is 5.24. The van der Waals surface area contributed by atoms with Gasteiger partial charge in [-0.15, -0.1) is 11.3 Å². The molecule has 0 aliphatic heterocycles. The lowest BCUT2D eigenvalue weighted by Crippen LogP contribution is -2.27. The van der Waals surface area contributed by atoms with E-state index < -0.39 is 10.0 Å². The molecule has 1 unspecified atom stereocenters. The summed E-state index contributed by atoms with van der Waals surface area (Å²) in [7, 11) is -3.51. The zero-order valence-electron chi connectivity index (χ0n) is 10.6. The van der Waals surface area contributed by atoms with Crippen molar-refractivity contribution >= 4 is 48.9 Å². The fourth-order valence-electron chi connectivity index (χ4n) is 1.66. The topological polar surface area (TPSA) is 46.2 Å². The summed E-state index contributed by atoms with van der Waals surface area (Å²) in [5.74, 6) is 0.102. The van der Waals surface area contributed by atoms with Crippen LogP contribution >= 0.6 is 38.9 Å². The number of hydrogen-bond acceptors (Lipinski definition) is 3. The van der Waals surface area contributed by atoms with Crippen molar-refractivity contribution in [3.63, 3.8) is 0 Å². The number of nitrogens with one attached hydrogen (secondary N) is 1. The third-order valence-corrected chi connectivity index (χ3v) is 7.21. The monoisotopic (exact) mass is 393 g/mol. The fraction of sp³-hybridized carbons (Fsp3) is 0.231. The van der Waals surface area contributed by atoms with E-state index in [-0.39, 0.29) is 10.1 Å². The molecule has 20 heavy (non-hydrogen) atoms. The van der Waals surface area contributed by atoms with E-state index in [1.165, 1.54) is 6.07 Å². The number of hydrogen-bond donors (Lipinski definition) is 1. The van der Waals surface area contributed by atoms with Crippen molar-refractivity contribution < 1.29 is 8.42 Å². The van der Waals surface area contributed by atoms with E-state index in [1.54, 1.807) is 0 Å². The minimum Gasteiger partial charge on any atom is -0.210 e. The van der Waals surface area contributed by atoms with Gasteiger partial charge in [-0.3, -0.25) is 0 Å². The lowest BCUT2D eigenvalue weighted by atomic mass is 10.0. The van der Waals surface area contributed by atoms with Crippen LogP contribution < -0.4 is 4.72 Å². The van der Waals surface area contributed by atoms with Gasteiger partial charge in [0.2, 0.25) is 10.0 Å². The Labute approximate surface area is 136 Å². The van der Waals surface area contributed by atoms with E-state index in [0.29, 0.717) is 15.4 Å². The molecule has 1 N–H and O–H groups in total. The molecule has 0 radical (unpaired) electrons. The molecule has 0 bridgehead atoms. The molecule has 0 aliphatic carbocycles. The molecule has 1 heterocycles. The highest BCUT2D eigenvalue weighted by molar-refractivity contribution is 9.11.